The number of rotatable bonds is 0. The van der Waals surface area contributed by atoms with E-state index in [2.05, 4.69) is 9.97 Å². The molecule has 0 unspecified atom stereocenters. The first-order valence-corrected chi connectivity index (χ1v) is 10.6. The Balaban J connectivity index is 1.69. The molecular formula is C26H10F2N4O2. The van der Waals surface area contributed by atoms with Gasteiger partial charge in [-0.3, -0.25) is 18.4 Å². The second kappa shape index (κ2) is 5.60. The molecule has 6 nitrogen and oxygen atoms in total. The summed E-state index contributed by atoms with van der Waals surface area (Å²) in [6, 6.07) is 15.2. The molecule has 0 bridgehead atoms. The third kappa shape index (κ3) is 1.91. The Morgan fingerprint density at radius 3 is 1.41 bits per heavy atom. The van der Waals surface area contributed by atoms with Crippen LogP contribution in [0.5, 0.6) is 0 Å². The van der Waals surface area contributed by atoms with Crippen LogP contribution in [0.1, 0.15) is 0 Å². The topological polar surface area (TPSA) is 68.7 Å². The fraction of sp³-hybridized carbons (Fsp3) is 0. The molecule has 0 spiro atoms. The number of fused-ring (bicyclic) bond motifs is 8. The number of aromatic nitrogens is 4. The summed E-state index contributed by atoms with van der Waals surface area (Å²) in [6.07, 6.45) is 0. The van der Waals surface area contributed by atoms with Crippen molar-refractivity contribution in [2.24, 2.45) is 0 Å². The lowest BCUT2D eigenvalue weighted by atomic mass is 9.96. The molecular weight excluding hydrogens is 438 g/mol. The van der Waals surface area contributed by atoms with Crippen LogP contribution in [0.4, 0.5) is 8.78 Å². The number of halogens is 2. The van der Waals surface area contributed by atoms with Gasteiger partial charge in [-0.15, -0.1) is 0 Å². The first-order chi connectivity index (χ1) is 16.5. The molecule has 0 radical (unpaired) electrons. The average molecular weight is 448 g/mol. The number of benzene rings is 4. The van der Waals surface area contributed by atoms with Crippen molar-refractivity contribution in [1.29, 1.82) is 0 Å². The average Bonchev–Trinajstić information content (AvgIpc) is 3.40. The lowest BCUT2D eigenvalue weighted by Gasteiger charge is -2.12. The second-order valence-electron chi connectivity index (χ2n) is 8.49. The van der Waals surface area contributed by atoms with Gasteiger partial charge in [0.05, 0.1) is 22.1 Å². The van der Waals surface area contributed by atoms with Crippen LogP contribution in [0.3, 0.4) is 0 Å². The zero-order chi connectivity index (χ0) is 22.9. The van der Waals surface area contributed by atoms with E-state index in [9.17, 15) is 18.4 Å². The van der Waals surface area contributed by atoms with Crippen molar-refractivity contribution in [3.63, 3.8) is 0 Å². The van der Waals surface area contributed by atoms with Gasteiger partial charge >= 0.3 is 0 Å². The molecule has 0 aliphatic heterocycles. The van der Waals surface area contributed by atoms with Gasteiger partial charge in [-0.25, -0.2) is 18.7 Å². The second-order valence-corrected chi connectivity index (χ2v) is 8.49. The van der Waals surface area contributed by atoms with Crippen LogP contribution >= 0.6 is 0 Å². The highest BCUT2D eigenvalue weighted by atomic mass is 19.1. The summed E-state index contributed by atoms with van der Waals surface area (Å²) in [6.45, 7) is 0. The monoisotopic (exact) mass is 448 g/mol. The minimum atomic E-state index is -0.458. The Bertz CT molecular complexity index is 2140. The molecule has 8 rings (SSSR count). The van der Waals surface area contributed by atoms with E-state index in [0.29, 0.717) is 65.7 Å². The largest absolute Gasteiger partial charge is 0.268 e. The molecule has 160 valence electrons. The van der Waals surface area contributed by atoms with Crippen molar-refractivity contribution in [2.45, 2.75) is 0 Å². The molecule has 0 saturated heterocycles. The van der Waals surface area contributed by atoms with Crippen molar-refractivity contribution in [3.05, 3.63) is 93.0 Å². The summed E-state index contributed by atoms with van der Waals surface area (Å²) in [4.78, 5) is 36.4. The number of hydrogen-bond acceptors (Lipinski definition) is 4. The van der Waals surface area contributed by atoms with Gasteiger partial charge in [0.15, 0.2) is 0 Å². The van der Waals surface area contributed by atoms with Crippen LogP contribution < -0.4 is 11.1 Å². The Kier molecular flexibility index (Phi) is 2.93. The Hall–Kier alpha value is -4.72. The fourth-order valence-electron chi connectivity index (χ4n) is 5.33. The maximum absolute atomic E-state index is 14.0. The van der Waals surface area contributed by atoms with E-state index < -0.39 is 11.6 Å². The smallest absolute Gasteiger partial charge is 0.264 e. The Morgan fingerprint density at radius 1 is 0.559 bits per heavy atom. The van der Waals surface area contributed by atoms with Crippen LogP contribution in [0.15, 0.2) is 70.3 Å². The predicted molar refractivity (Wildman–Crippen MR) is 126 cm³/mol. The van der Waals surface area contributed by atoms with Gasteiger partial charge < -0.3 is 0 Å². The van der Waals surface area contributed by atoms with Gasteiger partial charge in [-0.2, -0.15) is 0 Å². The van der Waals surface area contributed by atoms with Gasteiger partial charge in [0.1, 0.15) is 22.9 Å². The highest BCUT2D eigenvalue weighted by Gasteiger charge is 2.22. The molecule has 0 fully saturated rings. The molecule has 8 aromatic rings. The van der Waals surface area contributed by atoms with Crippen LogP contribution in [0, 0.1) is 11.6 Å². The summed E-state index contributed by atoms with van der Waals surface area (Å²) < 4.78 is 30.8. The SMILES string of the molecule is O=c1c2ccc3c4c(ccc(c24)c2nc4ccc(F)cc4n12)c(=O)n1c2cc(F)ccc2nc31. The molecule has 0 atom stereocenters. The van der Waals surface area contributed by atoms with Crippen molar-refractivity contribution in [1.82, 2.24) is 18.8 Å². The minimum absolute atomic E-state index is 0.340. The molecule has 0 saturated carbocycles. The van der Waals surface area contributed by atoms with Crippen molar-refractivity contribution < 1.29 is 8.78 Å². The normalized spacial score (nSPS) is 12.6. The summed E-state index contributed by atoms with van der Waals surface area (Å²) in [5.41, 5.74) is 1.90. The molecule has 0 amide bonds. The van der Waals surface area contributed by atoms with E-state index in [1.807, 2.05) is 0 Å². The summed E-state index contributed by atoms with van der Waals surface area (Å²) in [7, 11) is 0. The summed E-state index contributed by atoms with van der Waals surface area (Å²) in [5, 5.41) is 3.37. The van der Waals surface area contributed by atoms with Gasteiger partial charge in [0.25, 0.3) is 11.1 Å². The molecule has 0 N–H and O–H groups in total. The van der Waals surface area contributed by atoms with Crippen molar-refractivity contribution >= 4 is 65.7 Å². The first-order valence-electron chi connectivity index (χ1n) is 10.6. The lowest BCUT2D eigenvalue weighted by molar-refractivity contribution is 0.629. The number of pyridine rings is 2. The highest BCUT2D eigenvalue weighted by molar-refractivity contribution is 6.27. The maximum Gasteiger partial charge on any atom is 0.264 e. The lowest BCUT2D eigenvalue weighted by Crippen LogP contribution is -2.16. The minimum Gasteiger partial charge on any atom is -0.268 e. The van der Waals surface area contributed by atoms with Crippen LogP contribution in [-0.2, 0) is 0 Å². The first kappa shape index (κ1) is 17.8. The van der Waals surface area contributed by atoms with E-state index in [4.69, 9.17) is 0 Å². The molecule has 34 heavy (non-hydrogen) atoms. The Morgan fingerprint density at radius 2 is 0.971 bits per heavy atom. The van der Waals surface area contributed by atoms with Crippen LogP contribution in [-0.4, -0.2) is 18.8 Å². The number of hydrogen-bond donors (Lipinski definition) is 0. The standard InChI is InChI=1S/C26H10F2N4O2/c27-11-1-7-17-19(9-11)31-23(29-17)13-3-5-16-22-14(4-6-15(21(13)22)25(31)33)24-30-18-8-2-12(28)10-20(18)32(24)26(16)34/h1-10H. The summed E-state index contributed by atoms with van der Waals surface area (Å²) >= 11 is 0. The highest BCUT2D eigenvalue weighted by Crippen LogP contribution is 2.36. The van der Waals surface area contributed by atoms with E-state index in [1.54, 1.807) is 36.4 Å². The van der Waals surface area contributed by atoms with Gasteiger partial charge in [0, 0.05) is 44.5 Å². The van der Waals surface area contributed by atoms with Crippen molar-refractivity contribution in [3.8, 4) is 0 Å². The van der Waals surface area contributed by atoms with E-state index in [1.165, 1.54) is 33.1 Å². The van der Waals surface area contributed by atoms with Gasteiger partial charge in [0.2, 0.25) is 0 Å². The van der Waals surface area contributed by atoms with E-state index in [-0.39, 0.29) is 11.1 Å². The third-order valence-electron chi connectivity index (χ3n) is 6.74. The fourth-order valence-corrected chi connectivity index (χ4v) is 5.33. The van der Waals surface area contributed by atoms with Crippen LogP contribution in [0.25, 0.3) is 65.7 Å². The summed E-state index contributed by atoms with van der Waals surface area (Å²) in [5.74, 6) is -0.917. The quantitative estimate of drug-likeness (QED) is 0.318. The number of imidazole rings is 2. The zero-order valence-electron chi connectivity index (χ0n) is 17.1. The predicted octanol–water partition coefficient (Wildman–Crippen LogP) is 4.62. The number of nitrogens with zero attached hydrogens (tertiary/aromatic N) is 4. The molecule has 0 aliphatic carbocycles. The van der Waals surface area contributed by atoms with Crippen LogP contribution in [0.2, 0.25) is 0 Å². The molecule has 0 aliphatic rings. The molecule has 4 heterocycles. The zero-order valence-corrected chi connectivity index (χ0v) is 17.1. The molecule has 4 aromatic heterocycles. The van der Waals surface area contributed by atoms with Crippen molar-refractivity contribution in [2.75, 3.05) is 0 Å². The maximum atomic E-state index is 14.0. The van der Waals surface area contributed by atoms with Gasteiger partial charge in [-0.1, -0.05) is 0 Å². The van der Waals surface area contributed by atoms with E-state index >= 15 is 0 Å². The Labute approximate surface area is 186 Å². The van der Waals surface area contributed by atoms with Gasteiger partial charge in [-0.05, 0) is 48.5 Å². The molecule has 4 aromatic carbocycles. The van der Waals surface area contributed by atoms with E-state index in [0.717, 1.165) is 0 Å². The molecule has 8 heteroatoms. The third-order valence-corrected chi connectivity index (χ3v) is 6.74.